The van der Waals surface area contributed by atoms with Crippen LogP contribution in [0, 0.1) is 0 Å². The van der Waals surface area contributed by atoms with Gasteiger partial charge in [0.05, 0.1) is 11.2 Å². The minimum Gasteiger partial charge on any atom is -0.432 e. The number of nitrogens with zero attached hydrogens (tertiary/aromatic N) is 1. The highest BCUT2D eigenvalue weighted by molar-refractivity contribution is 6.77. The topological polar surface area (TPSA) is 15.9 Å². The minimum absolute atomic E-state index is 0.0433. The molecule has 0 radical (unpaired) electrons. The van der Waals surface area contributed by atoms with Crippen molar-refractivity contribution < 1.29 is 13.1 Å². The number of rotatable bonds is 0. The van der Waals surface area contributed by atoms with E-state index in [1.54, 1.807) is 12.1 Å². The molecule has 1 aromatic heterocycles. The first-order valence-electron chi connectivity index (χ1n) is 11.2. The standard InChI is InChI=1S/C27H29BF2N2/c1-26(2,3)19-9-11-21-17(15-19)7-12-22-25(21)28(29,30)32-23-13-10-20(27(4,5)6)16-18(23)8-14-24(32)31-22/h7-16,31H,1-6H3. The van der Waals surface area contributed by atoms with Gasteiger partial charge in [-0.15, -0.1) is 0 Å². The van der Waals surface area contributed by atoms with Gasteiger partial charge in [-0.2, -0.15) is 0 Å². The van der Waals surface area contributed by atoms with Crippen LogP contribution in [0.2, 0.25) is 0 Å². The van der Waals surface area contributed by atoms with Crippen molar-refractivity contribution in [3.63, 3.8) is 0 Å². The van der Waals surface area contributed by atoms with Crippen LogP contribution in [0.5, 0.6) is 0 Å². The van der Waals surface area contributed by atoms with E-state index in [-0.39, 0.29) is 16.3 Å². The molecular weight excluding hydrogens is 401 g/mol. The molecule has 5 rings (SSSR count). The van der Waals surface area contributed by atoms with Crippen LogP contribution in [0.1, 0.15) is 52.7 Å². The van der Waals surface area contributed by atoms with Gasteiger partial charge in [-0.25, -0.2) is 5.32 Å². The van der Waals surface area contributed by atoms with E-state index in [9.17, 15) is 0 Å². The first-order chi connectivity index (χ1) is 14.9. The Morgan fingerprint density at radius 3 is 1.97 bits per heavy atom. The second kappa shape index (κ2) is 6.54. The number of fused-ring (bicyclic) bond motifs is 6. The van der Waals surface area contributed by atoms with Gasteiger partial charge in [0.2, 0.25) is 5.82 Å². The van der Waals surface area contributed by atoms with Gasteiger partial charge in [0.25, 0.3) is 0 Å². The summed E-state index contributed by atoms with van der Waals surface area (Å²) >= 11 is 0. The summed E-state index contributed by atoms with van der Waals surface area (Å²) in [5, 5.41) is 5.54. The Bertz CT molecular complexity index is 1290. The maximum Gasteiger partial charge on any atom is 0.553 e. The smallest absolute Gasteiger partial charge is 0.432 e. The average molecular weight is 430 g/mol. The molecule has 0 fully saturated rings. The first-order valence-corrected chi connectivity index (χ1v) is 11.2. The van der Waals surface area contributed by atoms with Crippen molar-refractivity contribution in [1.29, 1.82) is 0 Å². The number of nitrogens with one attached hydrogen (secondary N) is 1. The van der Waals surface area contributed by atoms with E-state index in [1.165, 1.54) is 4.48 Å². The molecule has 4 aromatic rings. The molecule has 3 aromatic carbocycles. The van der Waals surface area contributed by atoms with E-state index in [0.29, 0.717) is 22.4 Å². The molecular formula is C27H29BF2N2. The van der Waals surface area contributed by atoms with Gasteiger partial charge < -0.3 is 13.1 Å². The molecule has 32 heavy (non-hydrogen) atoms. The molecule has 0 amide bonds. The van der Waals surface area contributed by atoms with Crippen molar-refractivity contribution in [2.45, 2.75) is 52.4 Å². The van der Waals surface area contributed by atoms with Crippen LogP contribution in [0.3, 0.4) is 0 Å². The number of pyridine rings is 1. The van der Waals surface area contributed by atoms with Gasteiger partial charge in [-0.05, 0) is 62.5 Å². The van der Waals surface area contributed by atoms with Crippen LogP contribution in [0.4, 0.5) is 20.1 Å². The Hall–Kier alpha value is -2.95. The highest BCUT2D eigenvalue weighted by Gasteiger charge is 2.46. The van der Waals surface area contributed by atoms with Crippen LogP contribution in [0.25, 0.3) is 21.7 Å². The summed E-state index contributed by atoms with van der Waals surface area (Å²) in [5.41, 5.74) is 3.29. The van der Waals surface area contributed by atoms with Crippen LogP contribution in [-0.2, 0) is 10.8 Å². The fourth-order valence-electron chi connectivity index (χ4n) is 4.77. The number of hydrogen-bond acceptors (Lipinski definition) is 1. The van der Waals surface area contributed by atoms with Gasteiger partial charge in [-0.3, -0.25) is 0 Å². The largest absolute Gasteiger partial charge is 0.553 e. The Kier molecular flexibility index (Phi) is 4.27. The molecule has 0 spiro atoms. The molecule has 5 heteroatoms. The summed E-state index contributed by atoms with van der Waals surface area (Å²) in [6.45, 7) is 8.78. The summed E-state index contributed by atoms with van der Waals surface area (Å²) in [6.07, 6.45) is 0. The van der Waals surface area contributed by atoms with Gasteiger partial charge in [0, 0.05) is 11.5 Å². The number of halogens is 2. The van der Waals surface area contributed by atoms with Crippen LogP contribution in [0.15, 0.2) is 60.7 Å². The Balaban J connectivity index is 1.76. The SMILES string of the molecule is CC(C)(C)c1ccc2c3c(ccc2c1)Nc1ccc2cc(C(C)(C)C)ccc2[n+]1[B-]3(F)F. The van der Waals surface area contributed by atoms with E-state index in [1.807, 2.05) is 48.5 Å². The van der Waals surface area contributed by atoms with Crippen LogP contribution < -0.4 is 15.3 Å². The van der Waals surface area contributed by atoms with Gasteiger partial charge in [0.1, 0.15) is 0 Å². The highest BCUT2D eigenvalue weighted by atomic mass is 19.2. The molecule has 2 nitrogen and oxygen atoms in total. The summed E-state index contributed by atoms with van der Waals surface area (Å²) in [5.74, 6) is 0.421. The maximum absolute atomic E-state index is 16.3. The monoisotopic (exact) mass is 430 g/mol. The van der Waals surface area contributed by atoms with E-state index in [0.717, 1.165) is 21.9 Å². The van der Waals surface area contributed by atoms with E-state index < -0.39 is 6.84 Å². The summed E-state index contributed by atoms with van der Waals surface area (Å²) in [6, 6.07) is 19.1. The molecule has 0 bridgehead atoms. The lowest BCUT2D eigenvalue weighted by molar-refractivity contribution is -0.518. The second-order valence-corrected chi connectivity index (χ2v) is 11.1. The molecule has 0 aliphatic carbocycles. The lowest BCUT2D eigenvalue weighted by Crippen LogP contribution is -2.70. The Morgan fingerprint density at radius 2 is 1.31 bits per heavy atom. The predicted molar refractivity (Wildman–Crippen MR) is 132 cm³/mol. The zero-order valence-electron chi connectivity index (χ0n) is 19.6. The number of aromatic nitrogens is 1. The fraction of sp³-hybridized carbons (Fsp3) is 0.296. The summed E-state index contributed by atoms with van der Waals surface area (Å²) < 4.78 is 33.8. The van der Waals surface area contributed by atoms with E-state index in [4.69, 9.17) is 0 Å². The van der Waals surface area contributed by atoms with Crippen molar-refractivity contribution in [3.8, 4) is 0 Å². The van der Waals surface area contributed by atoms with Crippen molar-refractivity contribution >= 4 is 45.5 Å². The molecule has 1 N–H and O–H groups in total. The zero-order chi connectivity index (χ0) is 23.1. The third-order valence-electron chi connectivity index (χ3n) is 6.70. The molecule has 1 aliphatic rings. The normalized spacial score (nSPS) is 15.4. The first kappa shape index (κ1) is 20.9. The molecule has 164 valence electrons. The van der Waals surface area contributed by atoms with Crippen LogP contribution in [-0.4, -0.2) is 6.84 Å². The summed E-state index contributed by atoms with van der Waals surface area (Å²) in [7, 11) is 0. The minimum atomic E-state index is -4.02. The molecule has 2 heterocycles. The van der Waals surface area contributed by atoms with E-state index in [2.05, 4.69) is 46.9 Å². The molecule has 1 aliphatic heterocycles. The number of benzene rings is 3. The van der Waals surface area contributed by atoms with Crippen molar-refractivity contribution in [3.05, 3.63) is 71.8 Å². The summed E-state index contributed by atoms with van der Waals surface area (Å²) in [4.78, 5) is 0. The lowest BCUT2D eigenvalue weighted by atomic mass is 9.65. The van der Waals surface area contributed by atoms with Crippen LogP contribution >= 0.6 is 0 Å². The molecule has 0 saturated carbocycles. The van der Waals surface area contributed by atoms with E-state index >= 15 is 8.63 Å². The second-order valence-electron chi connectivity index (χ2n) is 11.1. The molecule has 0 unspecified atom stereocenters. The van der Waals surface area contributed by atoms with Gasteiger partial charge in [0.15, 0.2) is 0 Å². The maximum atomic E-state index is 16.3. The Morgan fingerprint density at radius 1 is 0.719 bits per heavy atom. The quantitative estimate of drug-likeness (QED) is 0.312. The number of hydrogen-bond donors (Lipinski definition) is 1. The van der Waals surface area contributed by atoms with Gasteiger partial charge in [-0.1, -0.05) is 71.9 Å². The van der Waals surface area contributed by atoms with Crippen molar-refractivity contribution in [2.75, 3.05) is 5.32 Å². The third kappa shape index (κ3) is 3.09. The third-order valence-corrected chi connectivity index (χ3v) is 6.70. The lowest BCUT2D eigenvalue weighted by Gasteiger charge is -2.33. The zero-order valence-corrected chi connectivity index (χ0v) is 19.6. The van der Waals surface area contributed by atoms with Gasteiger partial charge >= 0.3 is 6.84 Å². The predicted octanol–water partition coefficient (Wildman–Crippen LogP) is 6.57. The van der Waals surface area contributed by atoms with Crippen molar-refractivity contribution in [2.24, 2.45) is 0 Å². The number of anilines is 2. The average Bonchev–Trinajstić information content (AvgIpc) is 2.70. The Labute approximate surface area is 188 Å². The highest BCUT2D eigenvalue weighted by Crippen LogP contribution is 2.33. The molecule has 0 saturated heterocycles. The molecule has 0 atom stereocenters. The van der Waals surface area contributed by atoms with Crippen molar-refractivity contribution in [1.82, 2.24) is 0 Å². The fourth-order valence-corrected chi connectivity index (χ4v) is 4.77.